The fourth-order valence-corrected chi connectivity index (χ4v) is 3.41. The van der Waals surface area contributed by atoms with E-state index in [1.807, 2.05) is 0 Å². The van der Waals surface area contributed by atoms with Gasteiger partial charge in [-0.15, -0.1) is 0 Å². The highest BCUT2D eigenvalue weighted by molar-refractivity contribution is 5.21. The van der Waals surface area contributed by atoms with E-state index in [9.17, 15) is 0 Å². The molecular formula is C18H30N2. The molecule has 112 valence electrons. The first-order valence-corrected chi connectivity index (χ1v) is 8.28. The van der Waals surface area contributed by atoms with Gasteiger partial charge in [0.2, 0.25) is 0 Å². The van der Waals surface area contributed by atoms with Gasteiger partial charge < -0.3 is 5.32 Å². The molecule has 3 unspecified atom stereocenters. The molecule has 0 aromatic heterocycles. The van der Waals surface area contributed by atoms with Crippen molar-refractivity contribution in [2.75, 3.05) is 19.6 Å². The number of benzene rings is 1. The van der Waals surface area contributed by atoms with Crippen molar-refractivity contribution < 1.29 is 0 Å². The van der Waals surface area contributed by atoms with Crippen LogP contribution in [0, 0.1) is 5.92 Å². The minimum Gasteiger partial charge on any atom is -0.309 e. The second-order valence-corrected chi connectivity index (χ2v) is 6.21. The van der Waals surface area contributed by atoms with Gasteiger partial charge in [0.25, 0.3) is 0 Å². The predicted octanol–water partition coefficient (Wildman–Crippen LogP) is 3.85. The maximum absolute atomic E-state index is 3.79. The van der Waals surface area contributed by atoms with Gasteiger partial charge in [-0.1, -0.05) is 51.1 Å². The van der Waals surface area contributed by atoms with Crippen LogP contribution in [0.5, 0.6) is 0 Å². The quantitative estimate of drug-likeness (QED) is 0.812. The van der Waals surface area contributed by atoms with Crippen molar-refractivity contribution in [3.8, 4) is 0 Å². The van der Waals surface area contributed by atoms with Gasteiger partial charge >= 0.3 is 0 Å². The van der Waals surface area contributed by atoms with Crippen LogP contribution < -0.4 is 5.32 Å². The first-order valence-electron chi connectivity index (χ1n) is 8.28. The summed E-state index contributed by atoms with van der Waals surface area (Å²) in [6.07, 6.45) is 3.75. The summed E-state index contributed by atoms with van der Waals surface area (Å²) in [6.45, 7) is 10.6. The number of hydrogen-bond donors (Lipinski definition) is 1. The highest BCUT2D eigenvalue weighted by Crippen LogP contribution is 2.28. The molecule has 0 spiro atoms. The van der Waals surface area contributed by atoms with Crippen LogP contribution in [-0.2, 0) is 0 Å². The zero-order valence-electron chi connectivity index (χ0n) is 13.3. The third-order valence-corrected chi connectivity index (χ3v) is 4.50. The maximum Gasteiger partial charge on any atom is 0.0478 e. The molecular weight excluding hydrogens is 244 g/mol. The summed E-state index contributed by atoms with van der Waals surface area (Å²) in [6, 6.07) is 12.1. The molecule has 1 N–H and O–H groups in total. The van der Waals surface area contributed by atoms with Crippen molar-refractivity contribution in [1.29, 1.82) is 0 Å². The molecule has 1 aromatic rings. The fourth-order valence-electron chi connectivity index (χ4n) is 3.41. The van der Waals surface area contributed by atoms with Crippen LogP contribution in [0.25, 0.3) is 0 Å². The van der Waals surface area contributed by atoms with Gasteiger partial charge in [-0.3, -0.25) is 4.90 Å². The highest BCUT2D eigenvalue weighted by Gasteiger charge is 2.30. The van der Waals surface area contributed by atoms with E-state index in [2.05, 4.69) is 61.3 Å². The van der Waals surface area contributed by atoms with Gasteiger partial charge in [0.1, 0.15) is 0 Å². The molecule has 0 amide bonds. The van der Waals surface area contributed by atoms with Gasteiger partial charge in [-0.2, -0.15) is 0 Å². The molecule has 1 aliphatic rings. The van der Waals surface area contributed by atoms with Crippen molar-refractivity contribution >= 4 is 0 Å². The van der Waals surface area contributed by atoms with Crippen molar-refractivity contribution in [2.24, 2.45) is 5.92 Å². The Morgan fingerprint density at radius 2 is 2.00 bits per heavy atom. The average Bonchev–Trinajstić information content (AvgIpc) is 2.90. The Hall–Kier alpha value is -0.860. The lowest BCUT2D eigenvalue weighted by Gasteiger charge is -2.35. The second-order valence-electron chi connectivity index (χ2n) is 6.21. The monoisotopic (exact) mass is 274 g/mol. The standard InChI is InChI=1S/C18H30N2/c1-4-12-19-18(16-9-7-6-8-10-16)17(5-2)20-13-11-15(3)14-20/h6-10,15,17-19H,4-5,11-14H2,1-3H3. The van der Waals surface area contributed by atoms with Crippen LogP contribution >= 0.6 is 0 Å². The van der Waals surface area contributed by atoms with Gasteiger partial charge in [0, 0.05) is 18.6 Å². The molecule has 3 atom stereocenters. The Morgan fingerprint density at radius 1 is 1.25 bits per heavy atom. The van der Waals surface area contributed by atoms with Crippen molar-refractivity contribution in [1.82, 2.24) is 10.2 Å². The van der Waals surface area contributed by atoms with Crippen molar-refractivity contribution in [2.45, 2.75) is 52.1 Å². The lowest BCUT2D eigenvalue weighted by atomic mass is 9.96. The Morgan fingerprint density at radius 3 is 2.55 bits per heavy atom. The molecule has 1 fully saturated rings. The number of nitrogens with one attached hydrogen (secondary N) is 1. The Balaban J connectivity index is 2.15. The van der Waals surface area contributed by atoms with E-state index in [-0.39, 0.29) is 0 Å². The molecule has 2 rings (SSSR count). The van der Waals surface area contributed by atoms with Gasteiger partial charge in [-0.25, -0.2) is 0 Å². The summed E-state index contributed by atoms with van der Waals surface area (Å²) in [5.41, 5.74) is 1.44. The Labute approximate surface area is 124 Å². The van der Waals surface area contributed by atoms with Crippen molar-refractivity contribution in [3.63, 3.8) is 0 Å². The van der Waals surface area contributed by atoms with Gasteiger partial charge in [0.05, 0.1) is 0 Å². The molecule has 20 heavy (non-hydrogen) atoms. The summed E-state index contributed by atoms with van der Waals surface area (Å²) in [5.74, 6) is 0.853. The smallest absolute Gasteiger partial charge is 0.0478 e. The topological polar surface area (TPSA) is 15.3 Å². The van der Waals surface area contributed by atoms with E-state index < -0.39 is 0 Å². The van der Waals surface area contributed by atoms with Crippen LogP contribution in [0.3, 0.4) is 0 Å². The Bertz CT molecular complexity index is 376. The van der Waals surface area contributed by atoms with E-state index >= 15 is 0 Å². The largest absolute Gasteiger partial charge is 0.309 e. The lowest BCUT2D eigenvalue weighted by molar-refractivity contribution is 0.180. The molecule has 0 bridgehead atoms. The first kappa shape index (κ1) is 15.5. The molecule has 1 heterocycles. The summed E-state index contributed by atoms with van der Waals surface area (Å²) in [5, 5.41) is 3.79. The third-order valence-electron chi connectivity index (χ3n) is 4.50. The van der Waals surface area contributed by atoms with Crippen LogP contribution in [0.4, 0.5) is 0 Å². The average molecular weight is 274 g/mol. The molecule has 0 saturated carbocycles. The summed E-state index contributed by atoms with van der Waals surface area (Å²) in [4.78, 5) is 2.70. The van der Waals surface area contributed by atoms with Crippen LogP contribution in [0.1, 0.15) is 51.6 Å². The van der Waals surface area contributed by atoms with Crippen LogP contribution in [-0.4, -0.2) is 30.6 Å². The molecule has 1 saturated heterocycles. The summed E-state index contributed by atoms with van der Waals surface area (Å²) < 4.78 is 0. The second kappa shape index (κ2) is 7.80. The molecule has 2 heteroatoms. The molecule has 2 nitrogen and oxygen atoms in total. The van der Waals surface area contributed by atoms with Crippen LogP contribution in [0.2, 0.25) is 0 Å². The SMILES string of the molecule is CCCNC(c1ccccc1)C(CC)N1CCC(C)C1. The van der Waals surface area contributed by atoms with Gasteiger partial charge in [-0.05, 0) is 43.8 Å². The summed E-state index contributed by atoms with van der Waals surface area (Å²) >= 11 is 0. The number of nitrogens with zero attached hydrogens (tertiary/aromatic N) is 1. The minimum atomic E-state index is 0.464. The number of rotatable bonds is 7. The number of hydrogen-bond acceptors (Lipinski definition) is 2. The molecule has 1 aromatic carbocycles. The minimum absolute atomic E-state index is 0.464. The zero-order valence-corrected chi connectivity index (χ0v) is 13.3. The van der Waals surface area contributed by atoms with E-state index in [0.29, 0.717) is 12.1 Å². The highest BCUT2D eigenvalue weighted by atomic mass is 15.2. The lowest BCUT2D eigenvalue weighted by Crippen LogP contribution is -2.43. The van der Waals surface area contributed by atoms with Crippen LogP contribution in [0.15, 0.2) is 30.3 Å². The van der Waals surface area contributed by atoms with Gasteiger partial charge in [0.15, 0.2) is 0 Å². The summed E-state index contributed by atoms with van der Waals surface area (Å²) in [7, 11) is 0. The predicted molar refractivity (Wildman–Crippen MR) is 86.9 cm³/mol. The van der Waals surface area contributed by atoms with E-state index in [1.165, 1.54) is 37.9 Å². The normalized spacial score (nSPS) is 22.9. The van der Waals surface area contributed by atoms with E-state index in [1.54, 1.807) is 0 Å². The molecule has 0 aliphatic carbocycles. The fraction of sp³-hybridized carbons (Fsp3) is 0.667. The molecule has 1 aliphatic heterocycles. The van der Waals surface area contributed by atoms with E-state index in [4.69, 9.17) is 0 Å². The zero-order chi connectivity index (χ0) is 14.4. The molecule has 0 radical (unpaired) electrons. The first-order chi connectivity index (χ1) is 9.76. The maximum atomic E-state index is 3.79. The van der Waals surface area contributed by atoms with E-state index in [0.717, 1.165) is 12.5 Å². The Kier molecular flexibility index (Phi) is 6.06. The van der Waals surface area contributed by atoms with Crippen molar-refractivity contribution in [3.05, 3.63) is 35.9 Å². The number of likely N-dealkylation sites (tertiary alicyclic amines) is 1. The third kappa shape index (κ3) is 3.83.